The molecule has 0 fully saturated rings. The van der Waals surface area contributed by atoms with Crippen molar-refractivity contribution < 1.29 is 24.2 Å². The van der Waals surface area contributed by atoms with Gasteiger partial charge in [-0.1, -0.05) is 12.1 Å². The number of carbonyl (C=O) groups excluding carboxylic acids is 2. The molecule has 0 aliphatic carbocycles. The SMILES string of the molecule is CCOC(=O)Nc1cc(O)ccc1-c1cc(=O)c2ccccc2n1C(=O)OCC. The van der Waals surface area contributed by atoms with Crippen LogP contribution in [0.4, 0.5) is 15.3 Å². The van der Waals surface area contributed by atoms with E-state index in [1.54, 1.807) is 38.1 Å². The van der Waals surface area contributed by atoms with Gasteiger partial charge in [0.05, 0.1) is 30.1 Å². The Hall–Kier alpha value is -3.81. The van der Waals surface area contributed by atoms with Crippen LogP contribution in [-0.4, -0.2) is 35.1 Å². The summed E-state index contributed by atoms with van der Waals surface area (Å²) in [7, 11) is 0. The molecule has 29 heavy (non-hydrogen) atoms. The number of fused-ring (bicyclic) bond motifs is 1. The molecule has 0 saturated heterocycles. The van der Waals surface area contributed by atoms with Gasteiger partial charge in [0.2, 0.25) is 0 Å². The third kappa shape index (κ3) is 4.06. The lowest BCUT2D eigenvalue weighted by Gasteiger charge is -2.18. The minimum Gasteiger partial charge on any atom is -0.508 e. The minimum absolute atomic E-state index is 0.105. The molecule has 8 heteroatoms. The maximum atomic E-state index is 12.7. The monoisotopic (exact) mass is 396 g/mol. The van der Waals surface area contributed by atoms with Gasteiger partial charge in [-0.3, -0.25) is 10.1 Å². The minimum atomic E-state index is -0.731. The van der Waals surface area contributed by atoms with Gasteiger partial charge < -0.3 is 14.6 Å². The van der Waals surface area contributed by atoms with Crippen LogP contribution in [0.5, 0.6) is 5.75 Å². The van der Waals surface area contributed by atoms with Crippen molar-refractivity contribution >= 4 is 28.8 Å². The summed E-state index contributed by atoms with van der Waals surface area (Å²) in [5.41, 5.74) is 0.789. The molecule has 3 rings (SSSR count). The van der Waals surface area contributed by atoms with Gasteiger partial charge in [0.25, 0.3) is 0 Å². The fourth-order valence-electron chi connectivity index (χ4n) is 2.99. The second-order valence-electron chi connectivity index (χ2n) is 6.02. The van der Waals surface area contributed by atoms with Crippen molar-refractivity contribution in [2.45, 2.75) is 13.8 Å². The summed E-state index contributed by atoms with van der Waals surface area (Å²) in [6.07, 6.45) is -1.40. The standard InChI is InChI=1S/C21H20N2O6/c1-3-28-20(26)22-16-11-13(24)9-10-14(16)18-12-19(25)15-7-5-6-8-17(15)23(18)21(27)29-4-2/h5-12,24H,3-4H2,1-2H3,(H,22,26). The van der Waals surface area contributed by atoms with E-state index in [0.29, 0.717) is 16.5 Å². The highest BCUT2D eigenvalue weighted by Gasteiger charge is 2.20. The van der Waals surface area contributed by atoms with E-state index in [1.807, 2.05) is 0 Å². The van der Waals surface area contributed by atoms with Crippen LogP contribution in [0.1, 0.15) is 13.8 Å². The first-order chi connectivity index (χ1) is 14.0. The van der Waals surface area contributed by atoms with Crippen molar-refractivity contribution in [2.75, 3.05) is 18.5 Å². The number of para-hydroxylation sites is 1. The lowest BCUT2D eigenvalue weighted by Crippen LogP contribution is -2.21. The van der Waals surface area contributed by atoms with Crippen molar-refractivity contribution in [1.29, 1.82) is 0 Å². The molecule has 0 bridgehead atoms. The van der Waals surface area contributed by atoms with Crippen molar-refractivity contribution in [2.24, 2.45) is 0 Å². The number of hydrogen-bond donors (Lipinski definition) is 2. The Labute approximate surface area is 166 Å². The van der Waals surface area contributed by atoms with E-state index in [0.717, 1.165) is 0 Å². The summed E-state index contributed by atoms with van der Waals surface area (Å²) >= 11 is 0. The molecule has 0 atom stereocenters. The summed E-state index contributed by atoms with van der Waals surface area (Å²) < 4.78 is 11.3. The van der Waals surface area contributed by atoms with Gasteiger partial charge in [-0.25, -0.2) is 14.2 Å². The number of carbonyl (C=O) groups is 2. The molecule has 150 valence electrons. The van der Waals surface area contributed by atoms with Gasteiger partial charge >= 0.3 is 12.2 Å². The number of aromatic nitrogens is 1. The molecule has 1 aromatic heterocycles. The number of anilines is 1. The largest absolute Gasteiger partial charge is 0.508 e. The van der Waals surface area contributed by atoms with E-state index in [9.17, 15) is 19.5 Å². The highest BCUT2D eigenvalue weighted by Crippen LogP contribution is 2.32. The zero-order chi connectivity index (χ0) is 21.0. The Morgan fingerprint density at radius 1 is 1.03 bits per heavy atom. The third-order valence-electron chi connectivity index (χ3n) is 4.16. The number of nitrogens with one attached hydrogen (secondary N) is 1. The molecule has 2 aromatic carbocycles. The smallest absolute Gasteiger partial charge is 0.418 e. The highest BCUT2D eigenvalue weighted by atomic mass is 16.6. The molecule has 8 nitrogen and oxygen atoms in total. The van der Waals surface area contributed by atoms with Gasteiger partial charge in [-0.2, -0.15) is 0 Å². The predicted octanol–water partition coefficient (Wildman–Crippen LogP) is 3.95. The van der Waals surface area contributed by atoms with Crippen LogP contribution in [0.25, 0.3) is 22.2 Å². The van der Waals surface area contributed by atoms with Gasteiger partial charge in [-0.05, 0) is 38.1 Å². The number of benzene rings is 2. The van der Waals surface area contributed by atoms with Crippen LogP contribution >= 0.6 is 0 Å². The quantitative estimate of drug-likeness (QED) is 0.692. The van der Waals surface area contributed by atoms with Crippen molar-refractivity contribution in [3.8, 4) is 17.0 Å². The number of amides is 1. The third-order valence-corrected chi connectivity index (χ3v) is 4.16. The van der Waals surface area contributed by atoms with Crippen LogP contribution in [0.15, 0.2) is 53.3 Å². The summed E-state index contributed by atoms with van der Waals surface area (Å²) in [5.74, 6) is -0.105. The lowest BCUT2D eigenvalue weighted by atomic mass is 10.1. The molecule has 0 radical (unpaired) electrons. The fraction of sp³-hybridized carbons (Fsp3) is 0.190. The topological polar surface area (TPSA) is 107 Å². The van der Waals surface area contributed by atoms with Crippen LogP contribution in [0.3, 0.4) is 0 Å². The van der Waals surface area contributed by atoms with Crippen molar-refractivity contribution in [3.05, 3.63) is 58.8 Å². The van der Waals surface area contributed by atoms with E-state index >= 15 is 0 Å². The fourth-order valence-corrected chi connectivity index (χ4v) is 2.99. The number of aromatic hydroxyl groups is 1. The number of phenols is 1. The Balaban J connectivity index is 2.30. The van der Waals surface area contributed by atoms with Gasteiger partial charge in [0.1, 0.15) is 5.75 Å². The maximum absolute atomic E-state index is 12.7. The van der Waals surface area contributed by atoms with Gasteiger partial charge in [0, 0.05) is 23.1 Å². The number of phenolic OH excluding ortho intramolecular Hbond substituents is 1. The van der Waals surface area contributed by atoms with Gasteiger partial charge in [-0.15, -0.1) is 0 Å². The number of ether oxygens (including phenoxy) is 2. The van der Waals surface area contributed by atoms with E-state index in [-0.39, 0.29) is 35.8 Å². The van der Waals surface area contributed by atoms with E-state index < -0.39 is 12.2 Å². The van der Waals surface area contributed by atoms with Crippen molar-refractivity contribution in [1.82, 2.24) is 4.57 Å². The summed E-state index contributed by atoms with van der Waals surface area (Å²) in [6.45, 7) is 3.63. The Morgan fingerprint density at radius 3 is 2.48 bits per heavy atom. The Kier molecular flexibility index (Phi) is 5.82. The van der Waals surface area contributed by atoms with Crippen molar-refractivity contribution in [3.63, 3.8) is 0 Å². The van der Waals surface area contributed by atoms with Crippen LogP contribution < -0.4 is 10.7 Å². The molecule has 0 aliphatic rings. The molecule has 1 heterocycles. The Morgan fingerprint density at radius 2 is 1.76 bits per heavy atom. The maximum Gasteiger partial charge on any atom is 0.418 e. The highest BCUT2D eigenvalue weighted by molar-refractivity contribution is 5.97. The zero-order valence-electron chi connectivity index (χ0n) is 16.0. The molecular formula is C21H20N2O6. The van der Waals surface area contributed by atoms with Crippen LogP contribution in [0, 0.1) is 0 Å². The summed E-state index contributed by atoms with van der Waals surface area (Å²) in [6, 6.07) is 12.1. The zero-order valence-corrected chi connectivity index (χ0v) is 16.0. The number of nitrogens with zero attached hydrogens (tertiary/aromatic N) is 1. The number of hydrogen-bond acceptors (Lipinski definition) is 6. The molecule has 1 amide bonds. The molecule has 2 N–H and O–H groups in total. The molecule has 0 unspecified atom stereocenters. The number of pyridine rings is 1. The molecule has 0 saturated carbocycles. The average Bonchev–Trinajstić information content (AvgIpc) is 2.68. The second kappa shape index (κ2) is 8.47. The van der Waals surface area contributed by atoms with Crippen LogP contribution in [-0.2, 0) is 9.47 Å². The first kappa shape index (κ1) is 19.9. The van der Waals surface area contributed by atoms with E-state index in [2.05, 4.69) is 5.32 Å². The molecule has 0 aliphatic heterocycles. The number of rotatable bonds is 4. The Bertz CT molecular complexity index is 1140. The van der Waals surface area contributed by atoms with Crippen LogP contribution in [0.2, 0.25) is 0 Å². The average molecular weight is 396 g/mol. The first-order valence-electron chi connectivity index (χ1n) is 9.05. The van der Waals surface area contributed by atoms with Gasteiger partial charge in [0.15, 0.2) is 5.43 Å². The van der Waals surface area contributed by atoms with E-state index in [4.69, 9.17) is 9.47 Å². The normalized spacial score (nSPS) is 10.6. The predicted molar refractivity (Wildman–Crippen MR) is 108 cm³/mol. The second-order valence-corrected chi connectivity index (χ2v) is 6.02. The molecule has 3 aromatic rings. The summed E-state index contributed by atoms with van der Waals surface area (Å²) in [5, 5.41) is 12.7. The molecular weight excluding hydrogens is 376 g/mol. The van der Waals surface area contributed by atoms with E-state index in [1.165, 1.54) is 28.8 Å². The summed E-state index contributed by atoms with van der Waals surface area (Å²) in [4.78, 5) is 37.4. The lowest BCUT2D eigenvalue weighted by molar-refractivity contribution is 0.155. The molecule has 0 spiro atoms. The first-order valence-corrected chi connectivity index (χ1v) is 9.05.